The molecule has 3 aliphatic heterocycles. The van der Waals surface area contributed by atoms with Crippen molar-refractivity contribution >= 4 is 57.6 Å². The number of aliphatic carboxylic acids is 1. The van der Waals surface area contributed by atoms with Gasteiger partial charge in [-0.1, -0.05) is 11.2 Å². The van der Waals surface area contributed by atoms with Crippen LogP contribution in [0.4, 0.5) is 5.13 Å². The lowest BCUT2D eigenvalue weighted by atomic mass is 10.0. The molecule has 0 unspecified atom stereocenters. The molecule has 5 N–H and O–H groups in total. The summed E-state index contributed by atoms with van der Waals surface area (Å²) < 4.78 is 0. The Morgan fingerprint density at radius 3 is 2.82 bits per heavy atom. The number of nitrogens with one attached hydrogen (secondary N) is 1. The largest absolute Gasteiger partial charge is 0.477 e. The van der Waals surface area contributed by atoms with Crippen LogP contribution in [0, 0.1) is 0 Å². The van der Waals surface area contributed by atoms with Crippen LogP contribution < -0.4 is 11.1 Å². The van der Waals surface area contributed by atoms with E-state index >= 15 is 0 Å². The van der Waals surface area contributed by atoms with E-state index in [2.05, 4.69) is 20.4 Å². The summed E-state index contributed by atoms with van der Waals surface area (Å²) in [5, 5.41) is 25.6. The zero-order valence-electron chi connectivity index (χ0n) is 19.6. The highest BCUT2D eigenvalue weighted by Gasteiger charge is 2.54. The van der Waals surface area contributed by atoms with Crippen molar-refractivity contribution < 1.29 is 29.5 Å². The van der Waals surface area contributed by atoms with Crippen LogP contribution in [0.25, 0.3) is 0 Å². The first-order chi connectivity index (χ1) is 18.3. The molecule has 2 aromatic heterocycles. The minimum atomic E-state index is -1.31. The van der Waals surface area contributed by atoms with E-state index in [9.17, 15) is 29.5 Å². The molecule has 2 saturated heterocycles. The van der Waals surface area contributed by atoms with E-state index in [-0.39, 0.29) is 28.2 Å². The molecule has 3 amide bonds. The number of aromatic nitrogens is 2. The third-order valence-electron chi connectivity index (χ3n) is 6.22. The number of allylic oxidation sites excluding steroid dienone is 1. The van der Waals surface area contributed by atoms with Crippen LogP contribution in [0.3, 0.4) is 0 Å². The van der Waals surface area contributed by atoms with Gasteiger partial charge in [-0.05, 0) is 29.7 Å². The number of hydrogen-bond donors (Lipinski definition) is 4. The normalized spacial score (nSPS) is 22.5. The fraction of sp³-hybridized carbons (Fsp3) is 0.261. The summed E-state index contributed by atoms with van der Waals surface area (Å²) in [5.41, 5.74) is 6.67. The summed E-state index contributed by atoms with van der Waals surface area (Å²) >= 11 is 2.31. The van der Waals surface area contributed by atoms with Gasteiger partial charge in [-0.3, -0.25) is 24.3 Å². The molecule has 0 radical (unpaired) electrons. The summed E-state index contributed by atoms with van der Waals surface area (Å²) in [6, 6.07) is 2.63. The molecule has 2 aromatic rings. The van der Waals surface area contributed by atoms with Crippen LogP contribution in [-0.2, 0) is 25.7 Å². The van der Waals surface area contributed by atoms with Gasteiger partial charge in [-0.2, -0.15) is 0 Å². The van der Waals surface area contributed by atoms with E-state index in [0.29, 0.717) is 30.7 Å². The number of nitrogens with two attached hydrogens (primary N) is 1. The van der Waals surface area contributed by atoms with Gasteiger partial charge in [-0.25, -0.2) is 9.78 Å². The van der Waals surface area contributed by atoms with Gasteiger partial charge in [0.2, 0.25) is 5.91 Å². The van der Waals surface area contributed by atoms with Crippen molar-refractivity contribution in [2.75, 3.05) is 18.0 Å². The molecule has 15 heteroatoms. The Morgan fingerprint density at radius 2 is 2.16 bits per heavy atom. The highest BCUT2D eigenvalue weighted by atomic mass is 32.2. The number of anilines is 1. The predicted octanol–water partition coefficient (Wildman–Crippen LogP) is 0.396. The van der Waals surface area contributed by atoms with E-state index in [1.807, 2.05) is 6.07 Å². The Kier molecular flexibility index (Phi) is 6.86. The Hall–Kier alpha value is -4.24. The lowest BCUT2D eigenvalue weighted by Gasteiger charge is -2.49. The lowest BCUT2D eigenvalue weighted by Crippen LogP contribution is -2.71. The van der Waals surface area contributed by atoms with Crippen molar-refractivity contribution in [3.05, 3.63) is 64.1 Å². The van der Waals surface area contributed by atoms with Gasteiger partial charge in [-0.15, -0.1) is 23.1 Å². The van der Waals surface area contributed by atoms with Gasteiger partial charge in [0.25, 0.3) is 11.8 Å². The highest BCUT2D eigenvalue weighted by Crippen LogP contribution is 2.41. The molecule has 3 aliphatic rings. The topological polar surface area (TPSA) is 191 Å². The number of hydrogen-bond acceptors (Lipinski definition) is 11. The molecule has 13 nitrogen and oxygen atoms in total. The van der Waals surface area contributed by atoms with Crippen molar-refractivity contribution in [1.82, 2.24) is 25.1 Å². The summed E-state index contributed by atoms with van der Waals surface area (Å²) in [6.07, 6.45) is 5.34. The zero-order valence-corrected chi connectivity index (χ0v) is 21.2. The van der Waals surface area contributed by atoms with Crippen molar-refractivity contribution in [3.8, 4) is 0 Å². The van der Waals surface area contributed by atoms with Crippen molar-refractivity contribution in [2.45, 2.75) is 24.4 Å². The molecule has 38 heavy (non-hydrogen) atoms. The fourth-order valence-corrected chi connectivity index (χ4v) is 6.30. The molecule has 0 saturated carbocycles. The number of carbonyl (C=O) groups excluding carboxylic acids is 3. The fourth-order valence-electron chi connectivity index (χ4n) is 4.45. The molecule has 196 valence electrons. The Labute approximate surface area is 223 Å². The molecule has 0 aliphatic carbocycles. The van der Waals surface area contributed by atoms with Crippen molar-refractivity contribution in [2.24, 2.45) is 5.16 Å². The first kappa shape index (κ1) is 25.4. The number of thioether (sulfide) groups is 1. The predicted molar refractivity (Wildman–Crippen MR) is 137 cm³/mol. The SMILES string of the molecule is Nc1nc(/C(=N/O)C(=O)N[C@@H]2C(=O)N3C(C(=O)O)=C(C=C4CCN(Cc5cccnc5)C4=O)CS[C@H]23)cs1. The maximum absolute atomic E-state index is 13.0. The maximum atomic E-state index is 13.0. The molecule has 2 atom stereocenters. The van der Waals surface area contributed by atoms with Crippen LogP contribution >= 0.6 is 23.1 Å². The minimum Gasteiger partial charge on any atom is -0.477 e. The minimum absolute atomic E-state index is 0.0475. The van der Waals surface area contributed by atoms with Gasteiger partial charge >= 0.3 is 5.97 Å². The van der Waals surface area contributed by atoms with Gasteiger partial charge < -0.3 is 26.3 Å². The van der Waals surface area contributed by atoms with Crippen LogP contribution in [-0.4, -0.2) is 83.2 Å². The molecule has 2 fully saturated rings. The number of amides is 3. The quantitative estimate of drug-likeness (QED) is 0.122. The van der Waals surface area contributed by atoms with Gasteiger partial charge in [0.05, 0.1) is 0 Å². The number of rotatable bonds is 7. The number of thiazole rings is 1. The van der Waals surface area contributed by atoms with E-state index in [1.165, 1.54) is 17.1 Å². The molecule has 5 heterocycles. The molecule has 0 bridgehead atoms. The number of nitrogen functional groups attached to an aromatic ring is 1. The second-order valence-electron chi connectivity index (χ2n) is 8.57. The standard InChI is InChI=1S/C23H21N7O6S2/c24-23-26-14(10-38-23)15(28-36)18(31)27-16-20(33)30-17(22(34)35)13(9-37-21(16)30)6-12-3-5-29(19(12)32)8-11-2-1-4-25-7-11/h1-2,4,6-7,10,16,21,36H,3,5,8-9H2,(H2,24,26)(H,27,31)(H,34,35)/b12-6?,28-15-/t16-,21-/m1/s1. The Morgan fingerprint density at radius 1 is 1.34 bits per heavy atom. The monoisotopic (exact) mass is 555 g/mol. The molecule has 0 spiro atoms. The summed E-state index contributed by atoms with van der Waals surface area (Å²) in [6.45, 7) is 0.880. The third kappa shape index (κ3) is 4.61. The van der Waals surface area contributed by atoms with Gasteiger partial charge in [0.1, 0.15) is 22.8 Å². The molecular weight excluding hydrogens is 534 g/mol. The number of nitrogens with zero attached hydrogens (tertiary/aromatic N) is 5. The molecule has 5 rings (SSSR count). The summed E-state index contributed by atoms with van der Waals surface area (Å²) in [4.78, 5) is 61.5. The first-order valence-electron chi connectivity index (χ1n) is 11.3. The number of carbonyl (C=O) groups is 4. The lowest BCUT2D eigenvalue weighted by molar-refractivity contribution is -0.150. The average Bonchev–Trinajstić information content (AvgIpc) is 3.48. The smallest absolute Gasteiger partial charge is 0.352 e. The zero-order chi connectivity index (χ0) is 27.0. The van der Waals surface area contributed by atoms with Crippen molar-refractivity contribution in [1.29, 1.82) is 0 Å². The maximum Gasteiger partial charge on any atom is 0.352 e. The van der Waals surface area contributed by atoms with Gasteiger partial charge in [0.15, 0.2) is 10.8 Å². The average molecular weight is 556 g/mol. The summed E-state index contributed by atoms with van der Waals surface area (Å²) in [7, 11) is 0. The number of β-lactam (4-membered cyclic amide) rings is 1. The van der Waals surface area contributed by atoms with Crippen molar-refractivity contribution in [3.63, 3.8) is 0 Å². The highest BCUT2D eigenvalue weighted by molar-refractivity contribution is 8.00. The number of carboxylic acids is 1. The Bertz CT molecular complexity index is 1420. The second-order valence-corrected chi connectivity index (χ2v) is 10.6. The number of carboxylic acid groups (broad SMARTS) is 1. The molecule has 0 aromatic carbocycles. The third-order valence-corrected chi connectivity index (χ3v) is 8.20. The Balaban J connectivity index is 1.32. The summed E-state index contributed by atoms with van der Waals surface area (Å²) in [5.74, 6) is -2.78. The van der Waals surface area contributed by atoms with Crippen LogP contribution in [0.15, 0.2) is 58.0 Å². The number of oxime groups is 1. The van der Waals surface area contributed by atoms with E-state index in [1.54, 1.807) is 29.4 Å². The van der Waals surface area contributed by atoms with Gasteiger partial charge in [0, 0.05) is 42.2 Å². The van der Waals surface area contributed by atoms with E-state index in [0.717, 1.165) is 21.8 Å². The van der Waals surface area contributed by atoms with E-state index in [4.69, 9.17) is 5.73 Å². The first-order valence-corrected chi connectivity index (χ1v) is 13.3. The van der Waals surface area contributed by atoms with Crippen LogP contribution in [0.2, 0.25) is 0 Å². The number of fused-ring (bicyclic) bond motifs is 1. The second kappa shape index (κ2) is 10.3. The van der Waals surface area contributed by atoms with Crippen LogP contribution in [0.1, 0.15) is 17.7 Å². The number of likely N-dealkylation sites (tertiary alicyclic amines) is 1. The van der Waals surface area contributed by atoms with E-state index < -0.39 is 34.9 Å². The van der Waals surface area contributed by atoms with Crippen LogP contribution in [0.5, 0.6) is 0 Å². The number of pyridine rings is 1. The molecular formula is C23H21N7O6S2.